The lowest BCUT2D eigenvalue weighted by atomic mass is 9.95. The van der Waals surface area contributed by atoms with Crippen LogP contribution in [-0.4, -0.2) is 11.9 Å². The van der Waals surface area contributed by atoms with E-state index in [0.29, 0.717) is 0 Å². The van der Waals surface area contributed by atoms with Gasteiger partial charge in [-0.2, -0.15) is 0 Å². The number of nitrogens with zero attached hydrogens (tertiary/aromatic N) is 1. The Balaban J connectivity index is 1.76. The van der Waals surface area contributed by atoms with Crippen LogP contribution in [0.1, 0.15) is 35.1 Å². The fourth-order valence-corrected chi connectivity index (χ4v) is 3.56. The zero-order chi connectivity index (χ0) is 16.4. The SMILES string of the molecule is CN1C(c2ccccc2)OC(c2ccccc2)C1c1ccccc1. The zero-order valence-corrected chi connectivity index (χ0v) is 13.7. The molecule has 120 valence electrons. The molecule has 0 saturated carbocycles. The van der Waals surface area contributed by atoms with E-state index in [-0.39, 0.29) is 18.4 Å². The van der Waals surface area contributed by atoms with Gasteiger partial charge in [-0.25, -0.2) is 0 Å². The maximum Gasteiger partial charge on any atom is 0.138 e. The van der Waals surface area contributed by atoms with Gasteiger partial charge in [-0.1, -0.05) is 91.0 Å². The van der Waals surface area contributed by atoms with Gasteiger partial charge in [0.25, 0.3) is 0 Å². The van der Waals surface area contributed by atoms with Crippen LogP contribution >= 0.6 is 0 Å². The van der Waals surface area contributed by atoms with Gasteiger partial charge in [-0.3, -0.25) is 4.90 Å². The lowest BCUT2D eigenvalue weighted by Gasteiger charge is -2.25. The highest BCUT2D eigenvalue weighted by Gasteiger charge is 2.42. The molecule has 0 aromatic heterocycles. The van der Waals surface area contributed by atoms with Gasteiger partial charge < -0.3 is 4.74 Å². The van der Waals surface area contributed by atoms with E-state index in [9.17, 15) is 0 Å². The molecule has 3 aromatic rings. The summed E-state index contributed by atoms with van der Waals surface area (Å²) in [7, 11) is 2.15. The molecule has 0 N–H and O–H groups in total. The third-order valence-corrected chi connectivity index (χ3v) is 4.72. The summed E-state index contributed by atoms with van der Waals surface area (Å²) in [6.45, 7) is 0. The van der Waals surface area contributed by atoms with Crippen LogP contribution in [0.2, 0.25) is 0 Å². The zero-order valence-electron chi connectivity index (χ0n) is 13.7. The molecule has 0 spiro atoms. The quantitative estimate of drug-likeness (QED) is 0.664. The van der Waals surface area contributed by atoms with Crippen molar-refractivity contribution in [3.63, 3.8) is 0 Å². The molecule has 24 heavy (non-hydrogen) atoms. The summed E-state index contributed by atoms with van der Waals surface area (Å²) in [6, 6.07) is 31.8. The molecule has 2 nitrogen and oxygen atoms in total. The summed E-state index contributed by atoms with van der Waals surface area (Å²) < 4.78 is 6.54. The van der Waals surface area contributed by atoms with Crippen LogP contribution in [0.5, 0.6) is 0 Å². The summed E-state index contributed by atoms with van der Waals surface area (Å²) in [5, 5.41) is 0. The van der Waals surface area contributed by atoms with Gasteiger partial charge in [0.2, 0.25) is 0 Å². The Labute approximate surface area is 143 Å². The maximum absolute atomic E-state index is 6.54. The largest absolute Gasteiger partial charge is 0.349 e. The van der Waals surface area contributed by atoms with Gasteiger partial charge in [-0.05, 0) is 23.7 Å². The summed E-state index contributed by atoms with van der Waals surface area (Å²) in [6.07, 6.45) is -0.0228. The van der Waals surface area contributed by atoms with Crippen LogP contribution in [0.15, 0.2) is 91.0 Å². The minimum absolute atomic E-state index is 0.0174. The number of benzene rings is 3. The summed E-state index contributed by atoms with van der Waals surface area (Å²) in [4.78, 5) is 2.34. The Bertz CT molecular complexity index is 773. The molecule has 1 saturated heterocycles. The Morgan fingerprint density at radius 2 is 1.08 bits per heavy atom. The van der Waals surface area contributed by atoms with Crippen LogP contribution in [0, 0.1) is 0 Å². The van der Waals surface area contributed by atoms with Crippen molar-refractivity contribution < 1.29 is 4.74 Å². The number of hydrogen-bond acceptors (Lipinski definition) is 2. The molecular formula is C22H21NO. The van der Waals surface area contributed by atoms with Gasteiger partial charge in [0.05, 0.1) is 6.04 Å². The van der Waals surface area contributed by atoms with Crippen molar-refractivity contribution in [3.8, 4) is 0 Å². The highest BCUT2D eigenvalue weighted by molar-refractivity contribution is 5.30. The molecule has 1 fully saturated rings. The van der Waals surface area contributed by atoms with Crippen LogP contribution in [0.4, 0.5) is 0 Å². The van der Waals surface area contributed by atoms with Gasteiger partial charge in [0.15, 0.2) is 0 Å². The van der Waals surface area contributed by atoms with E-state index in [1.54, 1.807) is 0 Å². The van der Waals surface area contributed by atoms with Crippen LogP contribution in [-0.2, 0) is 4.74 Å². The van der Waals surface area contributed by atoms with Gasteiger partial charge in [0.1, 0.15) is 12.3 Å². The third-order valence-electron chi connectivity index (χ3n) is 4.72. The normalized spacial score (nSPS) is 24.1. The molecule has 1 aliphatic heterocycles. The van der Waals surface area contributed by atoms with Crippen molar-refractivity contribution in [2.45, 2.75) is 18.4 Å². The molecule has 0 aliphatic carbocycles. The van der Waals surface area contributed by atoms with Gasteiger partial charge in [0, 0.05) is 0 Å². The first kappa shape index (κ1) is 15.1. The Morgan fingerprint density at radius 3 is 1.62 bits per heavy atom. The van der Waals surface area contributed by atoms with Crippen LogP contribution < -0.4 is 0 Å². The minimum atomic E-state index is -0.0402. The van der Waals surface area contributed by atoms with Gasteiger partial charge in [-0.15, -0.1) is 0 Å². The molecule has 0 bridgehead atoms. The van der Waals surface area contributed by atoms with Crippen molar-refractivity contribution >= 4 is 0 Å². The highest BCUT2D eigenvalue weighted by atomic mass is 16.5. The standard InChI is InChI=1S/C22H21NO/c1-23-20(17-11-5-2-6-12-17)21(18-13-7-3-8-14-18)24-22(23)19-15-9-4-10-16-19/h2-16,20-22H,1H3. The molecule has 3 atom stereocenters. The van der Waals surface area contributed by atoms with E-state index < -0.39 is 0 Å². The predicted octanol–water partition coefficient (Wildman–Crippen LogP) is 5.13. The Kier molecular flexibility index (Phi) is 4.16. The topological polar surface area (TPSA) is 12.5 Å². The van der Waals surface area contributed by atoms with E-state index in [1.807, 2.05) is 12.1 Å². The number of hydrogen-bond donors (Lipinski definition) is 0. The van der Waals surface area contributed by atoms with E-state index in [0.717, 1.165) is 0 Å². The molecular weight excluding hydrogens is 294 g/mol. The first-order chi connectivity index (χ1) is 11.8. The first-order valence-corrected chi connectivity index (χ1v) is 8.37. The van der Waals surface area contributed by atoms with E-state index in [1.165, 1.54) is 16.7 Å². The second-order valence-corrected chi connectivity index (χ2v) is 6.25. The lowest BCUT2D eigenvalue weighted by Crippen LogP contribution is -2.23. The second-order valence-electron chi connectivity index (χ2n) is 6.25. The van der Waals surface area contributed by atoms with Crippen molar-refractivity contribution in [3.05, 3.63) is 108 Å². The molecule has 3 unspecified atom stereocenters. The highest BCUT2D eigenvalue weighted by Crippen LogP contribution is 2.49. The van der Waals surface area contributed by atoms with Crippen molar-refractivity contribution in [2.24, 2.45) is 0 Å². The minimum Gasteiger partial charge on any atom is -0.349 e. The van der Waals surface area contributed by atoms with Gasteiger partial charge >= 0.3 is 0 Å². The number of likely N-dealkylation sites (N-methyl/N-ethyl adjacent to an activating group) is 1. The second kappa shape index (κ2) is 6.60. The Hall–Kier alpha value is -2.42. The third kappa shape index (κ3) is 2.75. The first-order valence-electron chi connectivity index (χ1n) is 8.37. The van der Waals surface area contributed by atoms with Crippen LogP contribution in [0.3, 0.4) is 0 Å². The molecule has 0 amide bonds. The van der Waals surface area contributed by atoms with E-state index >= 15 is 0 Å². The van der Waals surface area contributed by atoms with E-state index in [4.69, 9.17) is 4.74 Å². The molecule has 1 heterocycles. The fraction of sp³-hybridized carbons (Fsp3) is 0.182. The van der Waals surface area contributed by atoms with Crippen molar-refractivity contribution in [1.29, 1.82) is 0 Å². The fourth-order valence-electron chi connectivity index (χ4n) is 3.56. The summed E-state index contributed by atoms with van der Waals surface area (Å²) in [5.41, 5.74) is 3.70. The predicted molar refractivity (Wildman–Crippen MR) is 96.4 cm³/mol. The maximum atomic E-state index is 6.54. The molecule has 2 heteroatoms. The molecule has 4 rings (SSSR count). The monoisotopic (exact) mass is 315 g/mol. The average molecular weight is 315 g/mol. The smallest absolute Gasteiger partial charge is 0.138 e. The number of rotatable bonds is 3. The Morgan fingerprint density at radius 1 is 0.625 bits per heavy atom. The lowest BCUT2D eigenvalue weighted by molar-refractivity contribution is 0.00560. The summed E-state index contributed by atoms with van der Waals surface area (Å²) >= 11 is 0. The van der Waals surface area contributed by atoms with E-state index in [2.05, 4.69) is 90.8 Å². The van der Waals surface area contributed by atoms with Crippen molar-refractivity contribution in [1.82, 2.24) is 4.90 Å². The van der Waals surface area contributed by atoms with Crippen LogP contribution in [0.25, 0.3) is 0 Å². The van der Waals surface area contributed by atoms with Crippen molar-refractivity contribution in [2.75, 3.05) is 7.05 Å². The molecule has 0 radical (unpaired) electrons. The number of ether oxygens (including phenoxy) is 1. The summed E-state index contributed by atoms with van der Waals surface area (Å²) in [5.74, 6) is 0. The molecule has 3 aromatic carbocycles. The molecule has 1 aliphatic rings. The average Bonchev–Trinajstić information content (AvgIpc) is 3.01.